The van der Waals surface area contributed by atoms with Crippen molar-refractivity contribution < 1.29 is 0 Å². The van der Waals surface area contributed by atoms with Crippen LogP contribution in [0.3, 0.4) is 0 Å². The van der Waals surface area contributed by atoms with Crippen LogP contribution in [0.15, 0.2) is 133 Å². The molecule has 1 atom stereocenters. The lowest BCUT2D eigenvalue weighted by atomic mass is 9.83. The highest BCUT2D eigenvalue weighted by molar-refractivity contribution is 6.32. The Labute approximate surface area is 222 Å². The molecule has 0 spiro atoms. The smallest absolute Gasteiger partial charge is 0.00621 e. The molecule has 0 fully saturated rings. The van der Waals surface area contributed by atoms with E-state index in [1.165, 1.54) is 70.9 Å². The summed E-state index contributed by atoms with van der Waals surface area (Å²) in [7, 11) is 0. The second kappa shape index (κ2) is 8.43. The van der Waals surface area contributed by atoms with Gasteiger partial charge in [-0.15, -0.1) is 0 Å². The van der Waals surface area contributed by atoms with E-state index < -0.39 is 0 Å². The van der Waals surface area contributed by atoms with Crippen molar-refractivity contribution in [3.8, 4) is 11.1 Å². The first-order chi connectivity index (χ1) is 18.8. The summed E-state index contributed by atoms with van der Waals surface area (Å²) in [5, 5.41) is 10.6. The number of benzene rings is 7. The van der Waals surface area contributed by atoms with E-state index in [1.807, 2.05) is 0 Å². The summed E-state index contributed by atoms with van der Waals surface area (Å²) in [5.41, 5.74) is 6.74. The first kappa shape index (κ1) is 21.4. The second-order valence-corrected chi connectivity index (χ2v) is 10.5. The fourth-order valence-electron chi connectivity index (χ4n) is 6.58. The van der Waals surface area contributed by atoms with E-state index in [0.717, 1.165) is 6.42 Å². The highest BCUT2D eigenvalue weighted by atomic mass is 14.2. The molecule has 0 heterocycles. The van der Waals surface area contributed by atoms with Crippen molar-refractivity contribution in [3.05, 3.63) is 150 Å². The van der Waals surface area contributed by atoms with Crippen LogP contribution in [-0.2, 0) is 6.42 Å². The maximum Gasteiger partial charge on any atom is 0.00621 e. The third-order valence-electron chi connectivity index (χ3n) is 8.38. The molecule has 178 valence electrons. The Morgan fingerprint density at radius 1 is 0.474 bits per heavy atom. The Hall–Kier alpha value is -4.68. The summed E-state index contributed by atoms with van der Waals surface area (Å²) in [6, 6.07) is 47.1. The standard InChI is InChI=1S/C38H26/c1-2-11-26-22-28(21-20-25(26)10-1)27-12-9-13-29(23-27)36-24-37-32-16-4-3-14-30(32)31-15-5-7-18-34(31)38(37)35-19-8-6-17-33(35)36/h1-21,23-24,28H,22H2. The van der Waals surface area contributed by atoms with Gasteiger partial charge in [-0.3, -0.25) is 0 Å². The van der Waals surface area contributed by atoms with Crippen molar-refractivity contribution in [2.45, 2.75) is 12.3 Å². The predicted molar refractivity (Wildman–Crippen MR) is 164 cm³/mol. The van der Waals surface area contributed by atoms with Crippen LogP contribution in [0, 0.1) is 0 Å². The minimum Gasteiger partial charge on any atom is -0.0761 e. The predicted octanol–water partition coefficient (Wildman–Crippen LogP) is 10.3. The third-order valence-corrected chi connectivity index (χ3v) is 8.38. The van der Waals surface area contributed by atoms with Gasteiger partial charge in [0.2, 0.25) is 0 Å². The van der Waals surface area contributed by atoms with Gasteiger partial charge in [0.05, 0.1) is 0 Å². The summed E-state index contributed by atoms with van der Waals surface area (Å²) in [4.78, 5) is 0. The lowest BCUT2D eigenvalue weighted by molar-refractivity contribution is 0.827. The Kier molecular flexibility index (Phi) is 4.75. The molecular weight excluding hydrogens is 456 g/mol. The van der Waals surface area contributed by atoms with E-state index in [1.54, 1.807) is 0 Å². The fraction of sp³-hybridized carbons (Fsp3) is 0.0526. The molecule has 0 nitrogen and oxygen atoms in total. The van der Waals surface area contributed by atoms with Crippen molar-refractivity contribution in [2.75, 3.05) is 0 Å². The molecular formula is C38H26. The summed E-state index contributed by atoms with van der Waals surface area (Å²) in [5.74, 6) is 0.390. The van der Waals surface area contributed by atoms with Crippen LogP contribution in [-0.4, -0.2) is 0 Å². The van der Waals surface area contributed by atoms with Crippen LogP contribution in [0.5, 0.6) is 0 Å². The van der Waals surface area contributed by atoms with E-state index in [4.69, 9.17) is 0 Å². The molecule has 8 rings (SSSR count). The van der Waals surface area contributed by atoms with E-state index in [0.29, 0.717) is 5.92 Å². The number of allylic oxidation sites excluding steroid dienone is 1. The molecule has 1 aliphatic carbocycles. The number of rotatable bonds is 2. The van der Waals surface area contributed by atoms with E-state index in [2.05, 4.69) is 140 Å². The van der Waals surface area contributed by atoms with E-state index >= 15 is 0 Å². The van der Waals surface area contributed by atoms with E-state index in [-0.39, 0.29) is 0 Å². The largest absolute Gasteiger partial charge is 0.0761 e. The first-order valence-electron chi connectivity index (χ1n) is 13.5. The number of hydrogen-bond acceptors (Lipinski definition) is 0. The summed E-state index contributed by atoms with van der Waals surface area (Å²) >= 11 is 0. The van der Waals surface area contributed by atoms with Gasteiger partial charge in [-0.1, -0.05) is 133 Å². The zero-order valence-corrected chi connectivity index (χ0v) is 21.1. The van der Waals surface area contributed by atoms with Gasteiger partial charge < -0.3 is 0 Å². The highest BCUT2D eigenvalue weighted by Gasteiger charge is 2.18. The summed E-state index contributed by atoms with van der Waals surface area (Å²) in [6.45, 7) is 0. The van der Waals surface area contributed by atoms with Gasteiger partial charge in [0.25, 0.3) is 0 Å². The SMILES string of the molecule is C1=CC(c2cccc(-c3cc4c5ccccc5c5ccccc5c4c4ccccc34)c2)Cc2ccccc21. The normalized spacial score (nSPS) is 14.9. The van der Waals surface area contributed by atoms with Crippen molar-refractivity contribution in [1.82, 2.24) is 0 Å². The fourth-order valence-corrected chi connectivity index (χ4v) is 6.58. The highest BCUT2D eigenvalue weighted by Crippen LogP contribution is 2.43. The molecule has 0 radical (unpaired) electrons. The molecule has 0 heteroatoms. The maximum absolute atomic E-state index is 2.44. The van der Waals surface area contributed by atoms with Crippen molar-refractivity contribution in [1.29, 1.82) is 0 Å². The minimum absolute atomic E-state index is 0.390. The quantitative estimate of drug-likeness (QED) is 0.215. The maximum atomic E-state index is 2.44. The van der Waals surface area contributed by atoms with Crippen molar-refractivity contribution in [2.24, 2.45) is 0 Å². The van der Waals surface area contributed by atoms with Gasteiger partial charge >= 0.3 is 0 Å². The second-order valence-electron chi connectivity index (χ2n) is 10.5. The van der Waals surface area contributed by atoms with Gasteiger partial charge in [0.15, 0.2) is 0 Å². The molecule has 7 aromatic rings. The number of hydrogen-bond donors (Lipinski definition) is 0. The monoisotopic (exact) mass is 482 g/mol. The Balaban J connectivity index is 1.39. The van der Waals surface area contributed by atoms with Crippen LogP contribution in [0.4, 0.5) is 0 Å². The van der Waals surface area contributed by atoms with Crippen LogP contribution in [0.25, 0.3) is 60.3 Å². The lowest BCUT2D eigenvalue weighted by Gasteiger charge is -2.21. The van der Waals surface area contributed by atoms with Gasteiger partial charge in [-0.05, 0) is 83.4 Å². The molecule has 1 unspecified atom stereocenters. The average Bonchev–Trinajstić information content (AvgIpc) is 3.00. The van der Waals surface area contributed by atoms with Crippen molar-refractivity contribution in [3.63, 3.8) is 0 Å². The van der Waals surface area contributed by atoms with Gasteiger partial charge in [0.1, 0.15) is 0 Å². The van der Waals surface area contributed by atoms with Crippen LogP contribution in [0.1, 0.15) is 22.6 Å². The Morgan fingerprint density at radius 3 is 1.87 bits per heavy atom. The third kappa shape index (κ3) is 3.24. The molecule has 38 heavy (non-hydrogen) atoms. The van der Waals surface area contributed by atoms with Gasteiger partial charge in [-0.25, -0.2) is 0 Å². The van der Waals surface area contributed by atoms with Crippen LogP contribution >= 0.6 is 0 Å². The topological polar surface area (TPSA) is 0 Å². The molecule has 0 N–H and O–H groups in total. The molecule has 0 aromatic heterocycles. The molecule has 0 bridgehead atoms. The zero-order chi connectivity index (χ0) is 25.1. The van der Waals surface area contributed by atoms with Gasteiger partial charge in [-0.2, -0.15) is 0 Å². The molecule has 7 aromatic carbocycles. The lowest BCUT2D eigenvalue weighted by Crippen LogP contribution is -2.05. The minimum atomic E-state index is 0.390. The van der Waals surface area contributed by atoms with E-state index in [9.17, 15) is 0 Å². The van der Waals surface area contributed by atoms with Crippen LogP contribution < -0.4 is 0 Å². The molecule has 0 saturated carbocycles. The Bertz CT molecular complexity index is 2060. The summed E-state index contributed by atoms with van der Waals surface area (Å²) in [6.07, 6.45) is 5.71. The van der Waals surface area contributed by atoms with Crippen molar-refractivity contribution >= 4 is 49.2 Å². The molecule has 0 amide bonds. The number of fused-ring (bicyclic) bond motifs is 9. The molecule has 0 saturated heterocycles. The average molecular weight is 483 g/mol. The van der Waals surface area contributed by atoms with Crippen LogP contribution in [0.2, 0.25) is 0 Å². The first-order valence-corrected chi connectivity index (χ1v) is 13.5. The Morgan fingerprint density at radius 2 is 1.08 bits per heavy atom. The summed E-state index contributed by atoms with van der Waals surface area (Å²) < 4.78 is 0. The molecule has 1 aliphatic rings. The zero-order valence-electron chi connectivity index (χ0n) is 21.1. The molecule has 0 aliphatic heterocycles. The van der Waals surface area contributed by atoms with Gasteiger partial charge in [0, 0.05) is 5.92 Å².